The van der Waals surface area contributed by atoms with Crippen LogP contribution in [0.25, 0.3) is 31.7 Å². The van der Waals surface area contributed by atoms with Crippen molar-refractivity contribution in [3.05, 3.63) is 72.2 Å². The molecule has 1 aliphatic heterocycles. The number of carbonyl (C=O) groups is 1. The van der Waals surface area contributed by atoms with Crippen molar-refractivity contribution in [2.24, 2.45) is 0 Å². The van der Waals surface area contributed by atoms with E-state index in [1.807, 2.05) is 30.5 Å². The molecular weight excluding hydrogens is 446 g/mol. The lowest BCUT2D eigenvalue weighted by atomic mass is 10.2. The van der Waals surface area contributed by atoms with Gasteiger partial charge in [0.15, 0.2) is 0 Å². The zero-order valence-electron chi connectivity index (χ0n) is 18.7. The summed E-state index contributed by atoms with van der Waals surface area (Å²) in [5.41, 5.74) is 6.41. The van der Waals surface area contributed by atoms with Crippen LogP contribution in [0.4, 0.5) is 11.4 Å². The molecule has 8 heteroatoms. The maximum Gasteiger partial charge on any atom is 0.272 e. The molecule has 7 nitrogen and oxygen atoms in total. The molecule has 6 rings (SSSR count). The van der Waals surface area contributed by atoms with E-state index in [1.165, 1.54) is 5.39 Å². The monoisotopic (exact) mass is 469 g/mol. The first-order valence-electron chi connectivity index (χ1n) is 11.2. The molecule has 1 amide bonds. The molecule has 1 aromatic carbocycles. The summed E-state index contributed by atoms with van der Waals surface area (Å²) < 4.78 is 6.41. The first kappa shape index (κ1) is 20.8. The standard InChI is InChI=1S/C26H23N5O2S/c1-16-13-17-14-18(5-6-19(17)28-16)29-21-7-8-27-23-15-24(34-25(21)23)20-3-2-4-22(30-20)26(32)31-9-11-33-12-10-31/h2-8,13-15,28H,9-12H2,1H3,(H,27,29). The number of thiophene rings is 1. The largest absolute Gasteiger partial charge is 0.378 e. The quantitative estimate of drug-likeness (QED) is 0.370. The van der Waals surface area contributed by atoms with Crippen molar-refractivity contribution >= 4 is 49.7 Å². The summed E-state index contributed by atoms with van der Waals surface area (Å²) in [4.78, 5) is 28.3. The van der Waals surface area contributed by atoms with Gasteiger partial charge in [0.2, 0.25) is 0 Å². The summed E-state index contributed by atoms with van der Waals surface area (Å²) in [6.45, 7) is 4.39. The van der Waals surface area contributed by atoms with Gasteiger partial charge in [-0.15, -0.1) is 11.3 Å². The molecule has 170 valence electrons. The molecule has 1 saturated heterocycles. The van der Waals surface area contributed by atoms with Gasteiger partial charge < -0.3 is 19.9 Å². The van der Waals surface area contributed by atoms with Gasteiger partial charge in [0.1, 0.15) is 5.69 Å². The Labute approximate surface area is 200 Å². The van der Waals surface area contributed by atoms with Crippen LogP contribution in [0, 0.1) is 6.92 Å². The Morgan fingerprint density at radius 1 is 1.12 bits per heavy atom. The SMILES string of the molecule is Cc1cc2cc(Nc3ccnc4cc(-c5cccc(C(=O)N6CCOCC6)n5)sc34)ccc2[nH]1. The zero-order chi connectivity index (χ0) is 23.1. The number of aromatic nitrogens is 3. The number of nitrogens with zero attached hydrogens (tertiary/aromatic N) is 3. The number of hydrogen-bond donors (Lipinski definition) is 2. The molecule has 0 aliphatic carbocycles. The molecule has 0 radical (unpaired) electrons. The molecule has 1 fully saturated rings. The number of aryl methyl sites for hydroxylation is 1. The molecule has 5 aromatic rings. The van der Waals surface area contributed by atoms with Gasteiger partial charge in [0.05, 0.1) is 39.7 Å². The lowest BCUT2D eigenvalue weighted by Gasteiger charge is -2.26. The van der Waals surface area contributed by atoms with Crippen LogP contribution in [0.2, 0.25) is 0 Å². The number of anilines is 2. The smallest absolute Gasteiger partial charge is 0.272 e. The number of H-pyrrole nitrogens is 1. The summed E-state index contributed by atoms with van der Waals surface area (Å²) in [5.74, 6) is -0.0536. The van der Waals surface area contributed by atoms with E-state index < -0.39 is 0 Å². The minimum atomic E-state index is -0.0536. The third kappa shape index (κ3) is 3.91. The molecule has 0 saturated carbocycles. The van der Waals surface area contributed by atoms with Crippen molar-refractivity contribution in [3.63, 3.8) is 0 Å². The number of benzene rings is 1. The van der Waals surface area contributed by atoms with Crippen LogP contribution in [0.5, 0.6) is 0 Å². The number of fused-ring (bicyclic) bond motifs is 2. The highest BCUT2D eigenvalue weighted by Crippen LogP contribution is 2.37. The van der Waals surface area contributed by atoms with Gasteiger partial charge in [-0.25, -0.2) is 4.98 Å². The Morgan fingerprint density at radius 3 is 2.88 bits per heavy atom. The Hall–Kier alpha value is -3.75. The predicted molar refractivity (Wildman–Crippen MR) is 136 cm³/mol. The van der Waals surface area contributed by atoms with Crippen molar-refractivity contribution < 1.29 is 9.53 Å². The van der Waals surface area contributed by atoms with Gasteiger partial charge in [-0.05, 0) is 55.5 Å². The van der Waals surface area contributed by atoms with Crippen molar-refractivity contribution in [1.82, 2.24) is 19.9 Å². The number of nitrogens with one attached hydrogen (secondary N) is 2. The van der Waals surface area contributed by atoms with Crippen LogP contribution in [-0.4, -0.2) is 52.1 Å². The molecule has 0 bridgehead atoms. The minimum absolute atomic E-state index is 0.0536. The maximum atomic E-state index is 12.9. The molecule has 2 N–H and O–H groups in total. The number of pyridine rings is 2. The van der Waals surface area contributed by atoms with E-state index in [1.54, 1.807) is 22.3 Å². The van der Waals surface area contributed by atoms with Gasteiger partial charge in [0, 0.05) is 41.6 Å². The summed E-state index contributed by atoms with van der Waals surface area (Å²) in [6.07, 6.45) is 1.81. The average Bonchev–Trinajstić information content (AvgIpc) is 3.47. The third-order valence-corrected chi connectivity index (χ3v) is 7.15. The Bertz CT molecular complexity index is 1520. The zero-order valence-corrected chi connectivity index (χ0v) is 19.5. The molecule has 4 aromatic heterocycles. The number of morpholine rings is 1. The average molecular weight is 470 g/mol. The fourth-order valence-corrected chi connectivity index (χ4v) is 5.35. The fourth-order valence-electron chi connectivity index (χ4n) is 4.29. The van der Waals surface area contributed by atoms with Crippen LogP contribution in [-0.2, 0) is 4.74 Å². The topological polar surface area (TPSA) is 83.1 Å². The number of ether oxygens (including phenoxy) is 1. The summed E-state index contributed by atoms with van der Waals surface area (Å²) >= 11 is 1.62. The summed E-state index contributed by atoms with van der Waals surface area (Å²) in [5, 5.41) is 4.72. The van der Waals surface area contributed by atoms with E-state index in [0.29, 0.717) is 32.0 Å². The number of hydrogen-bond acceptors (Lipinski definition) is 6. The van der Waals surface area contributed by atoms with Gasteiger partial charge in [-0.2, -0.15) is 0 Å². The maximum absolute atomic E-state index is 12.9. The van der Waals surface area contributed by atoms with Gasteiger partial charge >= 0.3 is 0 Å². The number of aromatic amines is 1. The Morgan fingerprint density at radius 2 is 2.00 bits per heavy atom. The minimum Gasteiger partial charge on any atom is -0.378 e. The fraction of sp³-hybridized carbons (Fsp3) is 0.192. The highest BCUT2D eigenvalue weighted by atomic mass is 32.1. The van der Waals surface area contributed by atoms with E-state index in [2.05, 4.69) is 46.5 Å². The second-order valence-corrected chi connectivity index (χ2v) is 9.43. The van der Waals surface area contributed by atoms with Crippen LogP contribution in [0.3, 0.4) is 0 Å². The van der Waals surface area contributed by atoms with Crippen LogP contribution in [0.1, 0.15) is 16.2 Å². The first-order valence-corrected chi connectivity index (χ1v) is 12.1. The van der Waals surface area contributed by atoms with Crippen molar-refractivity contribution in [2.45, 2.75) is 6.92 Å². The van der Waals surface area contributed by atoms with E-state index in [-0.39, 0.29) is 5.91 Å². The summed E-state index contributed by atoms with van der Waals surface area (Å²) in [7, 11) is 0. The number of carbonyl (C=O) groups excluding carboxylic acids is 1. The number of rotatable bonds is 4. The Balaban J connectivity index is 1.31. The third-order valence-electron chi connectivity index (χ3n) is 5.97. The first-order chi connectivity index (χ1) is 16.6. The molecule has 0 spiro atoms. The molecule has 0 atom stereocenters. The van der Waals surface area contributed by atoms with E-state index in [0.717, 1.165) is 43.4 Å². The second-order valence-electron chi connectivity index (χ2n) is 8.38. The van der Waals surface area contributed by atoms with E-state index in [9.17, 15) is 4.79 Å². The van der Waals surface area contributed by atoms with Crippen molar-refractivity contribution in [3.8, 4) is 10.6 Å². The molecule has 1 aliphatic rings. The van der Waals surface area contributed by atoms with E-state index in [4.69, 9.17) is 9.72 Å². The van der Waals surface area contributed by atoms with Crippen molar-refractivity contribution in [1.29, 1.82) is 0 Å². The molecule has 0 unspecified atom stereocenters. The van der Waals surface area contributed by atoms with Crippen molar-refractivity contribution in [2.75, 3.05) is 31.6 Å². The lowest BCUT2D eigenvalue weighted by molar-refractivity contribution is 0.0299. The van der Waals surface area contributed by atoms with Gasteiger partial charge in [-0.3, -0.25) is 9.78 Å². The number of amides is 1. The van der Waals surface area contributed by atoms with Gasteiger partial charge in [-0.1, -0.05) is 6.07 Å². The lowest BCUT2D eigenvalue weighted by Crippen LogP contribution is -2.41. The highest BCUT2D eigenvalue weighted by molar-refractivity contribution is 7.22. The molecule has 34 heavy (non-hydrogen) atoms. The predicted octanol–water partition coefficient (Wildman–Crippen LogP) is 5.36. The highest BCUT2D eigenvalue weighted by Gasteiger charge is 2.20. The molecular formula is C26H23N5O2S. The Kier molecular flexibility index (Phi) is 5.24. The van der Waals surface area contributed by atoms with Crippen LogP contribution >= 0.6 is 11.3 Å². The van der Waals surface area contributed by atoms with E-state index >= 15 is 0 Å². The van der Waals surface area contributed by atoms with Crippen LogP contribution < -0.4 is 5.32 Å². The summed E-state index contributed by atoms with van der Waals surface area (Å²) in [6, 6.07) is 18.1. The molecule has 5 heterocycles. The second kappa shape index (κ2) is 8.55. The van der Waals surface area contributed by atoms with Crippen LogP contribution in [0.15, 0.2) is 60.8 Å². The van der Waals surface area contributed by atoms with Gasteiger partial charge in [0.25, 0.3) is 5.91 Å². The normalized spacial score (nSPS) is 14.1.